The van der Waals surface area contributed by atoms with E-state index in [0.717, 1.165) is 40.5 Å². The van der Waals surface area contributed by atoms with Crippen LogP contribution in [-0.4, -0.2) is 43.0 Å². The molecule has 0 radical (unpaired) electrons. The van der Waals surface area contributed by atoms with Crippen molar-refractivity contribution in [3.8, 4) is 5.69 Å². The average molecular weight is 471 g/mol. The molecule has 7 nitrogen and oxygen atoms in total. The molecule has 0 bridgehead atoms. The van der Waals surface area contributed by atoms with Gasteiger partial charge in [-0.1, -0.05) is 6.07 Å². The summed E-state index contributed by atoms with van der Waals surface area (Å²) < 4.78 is 14.2. The van der Waals surface area contributed by atoms with Gasteiger partial charge in [-0.15, -0.1) is 0 Å². The van der Waals surface area contributed by atoms with Crippen molar-refractivity contribution in [1.82, 2.24) is 9.99 Å². The Balaban J connectivity index is 1.44. The molecule has 156 valence electrons. The Hall–Kier alpha value is -2.84. The number of anilines is 1. The van der Waals surface area contributed by atoms with Crippen LogP contribution in [0.5, 0.6) is 0 Å². The average Bonchev–Trinajstić information content (AvgIpc) is 3.30. The van der Waals surface area contributed by atoms with Crippen molar-refractivity contribution in [3.63, 3.8) is 0 Å². The molecule has 3 aromatic rings. The Kier molecular flexibility index (Phi) is 6.06. The summed E-state index contributed by atoms with van der Waals surface area (Å²) in [6.07, 6.45) is 1.50. The fourth-order valence-electron chi connectivity index (χ4n) is 3.50. The van der Waals surface area contributed by atoms with Crippen molar-refractivity contribution < 1.29 is 13.9 Å². The van der Waals surface area contributed by atoms with Crippen LogP contribution in [0.4, 0.5) is 5.88 Å². The summed E-state index contributed by atoms with van der Waals surface area (Å²) in [5.74, 6) is 1.02. The van der Waals surface area contributed by atoms with Crippen molar-refractivity contribution >= 4 is 33.9 Å². The van der Waals surface area contributed by atoms with Crippen LogP contribution in [0, 0.1) is 13.8 Å². The molecule has 1 aliphatic heterocycles. The molecule has 1 amide bonds. The molecule has 3 heterocycles. The lowest BCUT2D eigenvalue weighted by atomic mass is 10.2. The summed E-state index contributed by atoms with van der Waals surface area (Å²) in [7, 11) is 0. The quantitative estimate of drug-likeness (QED) is 0.450. The van der Waals surface area contributed by atoms with E-state index in [0.29, 0.717) is 24.5 Å². The molecule has 0 unspecified atom stereocenters. The monoisotopic (exact) mass is 470 g/mol. The minimum atomic E-state index is -0.283. The molecule has 8 heteroatoms. The number of aryl methyl sites for hydroxylation is 2. The van der Waals surface area contributed by atoms with E-state index < -0.39 is 0 Å². The zero-order valence-corrected chi connectivity index (χ0v) is 18.5. The van der Waals surface area contributed by atoms with Gasteiger partial charge in [0.1, 0.15) is 0 Å². The summed E-state index contributed by atoms with van der Waals surface area (Å²) in [4.78, 5) is 14.7. The van der Waals surface area contributed by atoms with Gasteiger partial charge >= 0.3 is 0 Å². The van der Waals surface area contributed by atoms with E-state index in [1.54, 1.807) is 6.07 Å². The van der Waals surface area contributed by atoms with Crippen LogP contribution in [0.15, 0.2) is 56.5 Å². The number of hydrogen-bond acceptors (Lipinski definition) is 5. The number of furan rings is 1. The highest BCUT2D eigenvalue weighted by atomic mass is 79.9. The van der Waals surface area contributed by atoms with E-state index >= 15 is 0 Å². The molecule has 30 heavy (non-hydrogen) atoms. The standard InChI is InChI=1S/C22H23BrN4O3/c1-15-6-7-16(2)27(15)18-5-3-4-17(12-18)21(28)25-24-14-19-13-20(23)22(30-19)26-8-10-29-11-9-26/h3-7,12-14H,8-11H2,1-2H3,(H,25,28)/b24-14-. The maximum Gasteiger partial charge on any atom is 0.271 e. The van der Waals surface area contributed by atoms with Crippen LogP contribution in [0.2, 0.25) is 0 Å². The third-order valence-corrected chi connectivity index (χ3v) is 5.55. The van der Waals surface area contributed by atoms with Crippen LogP contribution in [0.3, 0.4) is 0 Å². The number of aromatic nitrogens is 1. The molecule has 0 spiro atoms. The number of hydrazone groups is 1. The molecule has 1 fully saturated rings. The van der Waals surface area contributed by atoms with E-state index in [2.05, 4.69) is 48.1 Å². The third-order valence-electron chi connectivity index (χ3n) is 4.98. The Bertz CT molecular complexity index is 1060. The number of benzene rings is 1. The fraction of sp³-hybridized carbons (Fsp3) is 0.273. The summed E-state index contributed by atoms with van der Waals surface area (Å²) >= 11 is 3.52. The Morgan fingerprint density at radius 2 is 1.87 bits per heavy atom. The summed E-state index contributed by atoms with van der Waals surface area (Å²) in [5.41, 5.74) is 6.27. The van der Waals surface area contributed by atoms with Crippen LogP contribution >= 0.6 is 15.9 Å². The highest BCUT2D eigenvalue weighted by Gasteiger charge is 2.18. The van der Waals surface area contributed by atoms with Gasteiger partial charge in [0.25, 0.3) is 5.91 Å². The molecule has 1 N–H and O–H groups in total. The molecule has 0 saturated carbocycles. The lowest BCUT2D eigenvalue weighted by Gasteiger charge is -2.26. The Morgan fingerprint density at radius 1 is 1.13 bits per heavy atom. The summed E-state index contributed by atoms with van der Waals surface area (Å²) in [5, 5.41) is 4.06. The highest BCUT2D eigenvalue weighted by molar-refractivity contribution is 9.10. The molecule has 0 atom stereocenters. The maximum atomic E-state index is 12.5. The second kappa shape index (κ2) is 8.89. The van der Waals surface area contributed by atoms with Crippen molar-refractivity contribution in [3.05, 3.63) is 69.6 Å². The zero-order chi connectivity index (χ0) is 21.1. The maximum absolute atomic E-state index is 12.5. The van der Waals surface area contributed by atoms with Crippen molar-refractivity contribution in [1.29, 1.82) is 0 Å². The lowest BCUT2D eigenvalue weighted by Crippen LogP contribution is -2.36. The largest absolute Gasteiger partial charge is 0.438 e. The Morgan fingerprint density at radius 3 is 2.60 bits per heavy atom. The summed E-state index contributed by atoms with van der Waals surface area (Å²) in [6.45, 7) is 6.97. The predicted octanol–water partition coefficient (Wildman–Crippen LogP) is 4.05. The van der Waals surface area contributed by atoms with E-state index in [-0.39, 0.29) is 5.91 Å². The van der Waals surface area contributed by atoms with Gasteiger partial charge in [0.05, 0.1) is 23.9 Å². The fourth-order valence-corrected chi connectivity index (χ4v) is 4.06. The Labute approximate surface area is 183 Å². The van der Waals surface area contributed by atoms with Gasteiger partial charge in [-0.2, -0.15) is 5.10 Å². The summed E-state index contributed by atoms with van der Waals surface area (Å²) in [6, 6.07) is 13.4. The number of nitrogens with one attached hydrogen (secondary N) is 1. The van der Waals surface area contributed by atoms with Crippen molar-refractivity contribution in [2.75, 3.05) is 31.2 Å². The minimum Gasteiger partial charge on any atom is -0.438 e. The first-order chi connectivity index (χ1) is 14.5. The number of amides is 1. The SMILES string of the molecule is Cc1ccc(C)n1-c1cccc(C(=O)N/N=C\c2cc(Br)c(N3CCOCC3)o2)c1. The number of halogens is 1. The third kappa shape index (κ3) is 4.34. The normalized spacial score (nSPS) is 14.4. The molecular weight excluding hydrogens is 448 g/mol. The topological polar surface area (TPSA) is 72.0 Å². The molecular formula is C22H23BrN4O3. The molecule has 4 rings (SSSR count). The van der Waals surface area contributed by atoms with Gasteiger partial charge in [-0.3, -0.25) is 4.79 Å². The molecule has 1 aromatic carbocycles. The molecule has 2 aromatic heterocycles. The van der Waals surface area contributed by atoms with Gasteiger partial charge in [-0.05, 0) is 60.1 Å². The lowest BCUT2D eigenvalue weighted by molar-refractivity contribution is 0.0955. The van der Waals surface area contributed by atoms with Crippen molar-refractivity contribution in [2.24, 2.45) is 5.10 Å². The first-order valence-electron chi connectivity index (χ1n) is 9.74. The van der Waals surface area contributed by atoms with Gasteiger partial charge in [0.15, 0.2) is 5.76 Å². The predicted molar refractivity (Wildman–Crippen MR) is 120 cm³/mol. The van der Waals surface area contributed by atoms with Gasteiger partial charge in [0.2, 0.25) is 5.88 Å². The molecule has 1 saturated heterocycles. The van der Waals surface area contributed by atoms with E-state index in [4.69, 9.17) is 9.15 Å². The zero-order valence-electron chi connectivity index (χ0n) is 16.9. The number of rotatable bonds is 5. The van der Waals surface area contributed by atoms with Crippen molar-refractivity contribution in [2.45, 2.75) is 13.8 Å². The number of carbonyl (C=O) groups excluding carboxylic acids is 1. The van der Waals surface area contributed by atoms with Gasteiger partial charge < -0.3 is 18.6 Å². The highest BCUT2D eigenvalue weighted by Crippen LogP contribution is 2.30. The smallest absolute Gasteiger partial charge is 0.271 e. The number of nitrogens with zero attached hydrogens (tertiary/aromatic N) is 3. The number of carbonyl (C=O) groups is 1. The van der Waals surface area contributed by atoms with Gasteiger partial charge in [-0.25, -0.2) is 5.43 Å². The first kappa shape index (κ1) is 20.4. The van der Waals surface area contributed by atoms with Crippen LogP contribution in [0.25, 0.3) is 5.69 Å². The van der Waals surface area contributed by atoms with E-state index in [1.165, 1.54) is 6.21 Å². The minimum absolute atomic E-state index is 0.283. The van der Waals surface area contributed by atoms with E-state index in [9.17, 15) is 4.79 Å². The first-order valence-corrected chi connectivity index (χ1v) is 10.5. The van der Waals surface area contributed by atoms with Crippen LogP contribution in [0.1, 0.15) is 27.5 Å². The number of morpholine rings is 1. The van der Waals surface area contributed by atoms with E-state index in [1.807, 2.05) is 38.1 Å². The van der Waals surface area contributed by atoms with Crippen LogP contribution in [-0.2, 0) is 4.74 Å². The molecule has 0 aliphatic carbocycles. The second-order valence-corrected chi connectivity index (χ2v) is 7.96. The van der Waals surface area contributed by atoms with Crippen LogP contribution < -0.4 is 10.3 Å². The molecule has 1 aliphatic rings. The number of hydrogen-bond donors (Lipinski definition) is 1. The second-order valence-electron chi connectivity index (χ2n) is 7.10. The van der Waals surface area contributed by atoms with Gasteiger partial charge in [0, 0.05) is 41.8 Å². The number of ether oxygens (including phenoxy) is 1.